The summed E-state index contributed by atoms with van der Waals surface area (Å²) in [6, 6.07) is -0.382. The molecular formula is C19H36N2O5. The molecule has 3 atom stereocenters. The number of nitrogens with one attached hydrogen (secondary N) is 1. The van der Waals surface area contributed by atoms with E-state index in [1.807, 2.05) is 46.4 Å². The maximum Gasteiger partial charge on any atom is 0.408 e. The zero-order valence-electron chi connectivity index (χ0n) is 17.7. The predicted molar refractivity (Wildman–Crippen MR) is 101 cm³/mol. The van der Waals surface area contributed by atoms with Crippen molar-refractivity contribution in [3.63, 3.8) is 0 Å². The molecule has 7 heteroatoms. The lowest BCUT2D eigenvalue weighted by Crippen LogP contribution is -2.56. The van der Waals surface area contributed by atoms with Crippen LogP contribution >= 0.6 is 0 Å². The summed E-state index contributed by atoms with van der Waals surface area (Å²) in [6.07, 6.45) is 0.469. The largest absolute Gasteiger partial charge is 0.471 e. The SMILES string of the molecule is CC1CCN(C(=O)[C@@H](NC(=O)OC(C)(C)C)C(C)(C)C)C1C.COC=O. The van der Waals surface area contributed by atoms with Crippen molar-refractivity contribution >= 4 is 18.5 Å². The van der Waals surface area contributed by atoms with E-state index in [9.17, 15) is 9.59 Å². The third-order valence-electron chi connectivity index (χ3n) is 4.29. The van der Waals surface area contributed by atoms with Crippen LogP contribution in [0.15, 0.2) is 0 Å². The first kappa shape index (κ1) is 24.2. The van der Waals surface area contributed by atoms with Gasteiger partial charge in [0.15, 0.2) is 0 Å². The monoisotopic (exact) mass is 372 g/mol. The average Bonchev–Trinajstić information content (AvgIpc) is 2.81. The fourth-order valence-electron chi connectivity index (χ4n) is 2.65. The number of methoxy groups -OCH3 is 1. The smallest absolute Gasteiger partial charge is 0.408 e. The number of likely N-dealkylation sites (tertiary alicyclic amines) is 1. The molecule has 0 aromatic heterocycles. The van der Waals surface area contributed by atoms with Gasteiger partial charge in [0.2, 0.25) is 5.91 Å². The first-order valence-electron chi connectivity index (χ1n) is 9.01. The quantitative estimate of drug-likeness (QED) is 0.770. The van der Waals surface area contributed by atoms with Crippen molar-refractivity contribution in [1.82, 2.24) is 10.2 Å². The number of carbonyl (C=O) groups excluding carboxylic acids is 3. The zero-order chi connectivity index (χ0) is 20.7. The molecule has 1 rings (SSSR count). The molecular weight excluding hydrogens is 336 g/mol. The summed E-state index contributed by atoms with van der Waals surface area (Å²) in [6.45, 7) is 16.7. The van der Waals surface area contributed by atoms with Gasteiger partial charge in [-0.25, -0.2) is 4.79 Å². The number of alkyl carbamates (subject to hydrolysis) is 1. The van der Waals surface area contributed by atoms with E-state index in [1.54, 1.807) is 0 Å². The standard InChI is InChI=1S/C17H32N2O3.C2H4O2/c1-11-9-10-19(12(11)2)14(20)13(16(3,4)5)18-15(21)22-17(6,7)8;1-4-2-3/h11-13H,9-10H2,1-8H3,(H,18,21);2H,1H3/t11?,12?,13-;/m1./s1. The Morgan fingerprint density at radius 3 is 1.96 bits per heavy atom. The second-order valence-electron chi connectivity index (χ2n) is 8.82. The summed E-state index contributed by atoms with van der Waals surface area (Å²) < 4.78 is 9.16. The van der Waals surface area contributed by atoms with E-state index in [1.165, 1.54) is 7.11 Å². The second kappa shape index (κ2) is 9.78. The van der Waals surface area contributed by atoms with Gasteiger partial charge in [-0.15, -0.1) is 0 Å². The van der Waals surface area contributed by atoms with Crippen LogP contribution in [0.5, 0.6) is 0 Å². The molecule has 0 radical (unpaired) electrons. The van der Waals surface area contributed by atoms with Gasteiger partial charge in [0.1, 0.15) is 11.6 Å². The Balaban J connectivity index is 0.00000141. The molecule has 2 amide bonds. The Morgan fingerprint density at radius 2 is 1.65 bits per heavy atom. The van der Waals surface area contributed by atoms with E-state index in [2.05, 4.69) is 23.9 Å². The van der Waals surface area contributed by atoms with Crippen molar-refractivity contribution in [1.29, 1.82) is 0 Å². The molecule has 2 unspecified atom stereocenters. The van der Waals surface area contributed by atoms with Gasteiger partial charge in [-0.2, -0.15) is 0 Å². The van der Waals surface area contributed by atoms with Crippen molar-refractivity contribution in [2.45, 2.75) is 79.5 Å². The molecule has 0 spiro atoms. The van der Waals surface area contributed by atoms with Gasteiger partial charge in [0.25, 0.3) is 6.47 Å². The van der Waals surface area contributed by atoms with E-state index in [4.69, 9.17) is 9.53 Å². The first-order chi connectivity index (χ1) is 11.7. The topological polar surface area (TPSA) is 84.9 Å². The minimum atomic E-state index is -0.588. The van der Waals surface area contributed by atoms with Crippen LogP contribution in [-0.2, 0) is 19.1 Å². The zero-order valence-corrected chi connectivity index (χ0v) is 17.7. The van der Waals surface area contributed by atoms with Crippen LogP contribution in [0.3, 0.4) is 0 Å². The van der Waals surface area contributed by atoms with Gasteiger partial charge in [-0.1, -0.05) is 27.7 Å². The van der Waals surface area contributed by atoms with Crippen LogP contribution < -0.4 is 5.32 Å². The van der Waals surface area contributed by atoms with Gasteiger partial charge < -0.3 is 19.7 Å². The number of rotatable bonds is 3. The van der Waals surface area contributed by atoms with Crippen LogP contribution in [0, 0.1) is 11.3 Å². The van der Waals surface area contributed by atoms with Crippen LogP contribution in [0.25, 0.3) is 0 Å². The van der Waals surface area contributed by atoms with Crippen LogP contribution in [0.2, 0.25) is 0 Å². The van der Waals surface area contributed by atoms with E-state index in [0.717, 1.165) is 13.0 Å². The fourth-order valence-corrected chi connectivity index (χ4v) is 2.65. The summed E-state index contributed by atoms with van der Waals surface area (Å²) in [5.74, 6) is 0.473. The molecule has 0 bridgehead atoms. The highest BCUT2D eigenvalue weighted by molar-refractivity contribution is 5.87. The van der Waals surface area contributed by atoms with Gasteiger partial charge in [-0.3, -0.25) is 9.59 Å². The fraction of sp³-hybridized carbons (Fsp3) is 0.842. The van der Waals surface area contributed by atoms with E-state index >= 15 is 0 Å². The Kier molecular flexibility index (Phi) is 9.11. The number of carbonyl (C=O) groups is 3. The van der Waals surface area contributed by atoms with Crippen molar-refractivity contribution in [3.8, 4) is 0 Å². The van der Waals surface area contributed by atoms with Crippen molar-refractivity contribution in [2.24, 2.45) is 11.3 Å². The first-order valence-corrected chi connectivity index (χ1v) is 9.01. The molecule has 26 heavy (non-hydrogen) atoms. The lowest BCUT2D eigenvalue weighted by atomic mass is 9.85. The van der Waals surface area contributed by atoms with Gasteiger partial charge in [-0.05, 0) is 45.4 Å². The molecule has 0 aliphatic carbocycles. The van der Waals surface area contributed by atoms with E-state index < -0.39 is 17.7 Å². The summed E-state index contributed by atoms with van der Waals surface area (Å²) in [5.41, 5.74) is -0.954. The normalized spacial score (nSPS) is 21.2. The van der Waals surface area contributed by atoms with Crippen LogP contribution in [0.1, 0.15) is 61.8 Å². The number of nitrogens with zero attached hydrogens (tertiary/aromatic N) is 1. The van der Waals surface area contributed by atoms with Gasteiger partial charge in [0, 0.05) is 12.6 Å². The second-order valence-corrected chi connectivity index (χ2v) is 8.82. The highest BCUT2D eigenvalue weighted by atomic mass is 16.6. The molecule has 0 aromatic carbocycles. The number of ether oxygens (including phenoxy) is 2. The summed E-state index contributed by atoms with van der Waals surface area (Å²) >= 11 is 0. The summed E-state index contributed by atoms with van der Waals surface area (Å²) in [5, 5.41) is 2.77. The van der Waals surface area contributed by atoms with E-state index in [0.29, 0.717) is 12.4 Å². The van der Waals surface area contributed by atoms with E-state index in [-0.39, 0.29) is 17.4 Å². The number of amides is 2. The highest BCUT2D eigenvalue weighted by Crippen LogP contribution is 2.28. The van der Waals surface area contributed by atoms with Crippen molar-refractivity contribution in [3.05, 3.63) is 0 Å². The van der Waals surface area contributed by atoms with Gasteiger partial charge in [0.05, 0.1) is 7.11 Å². The summed E-state index contributed by atoms with van der Waals surface area (Å²) in [7, 11) is 1.31. The lowest BCUT2D eigenvalue weighted by molar-refractivity contribution is -0.137. The molecule has 1 heterocycles. The highest BCUT2D eigenvalue weighted by Gasteiger charge is 2.40. The minimum absolute atomic E-state index is 0.0183. The Hall–Kier alpha value is -1.79. The third-order valence-corrected chi connectivity index (χ3v) is 4.29. The maximum absolute atomic E-state index is 12.9. The van der Waals surface area contributed by atoms with Crippen LogP contribution in [-0.4, -0.2) is 54.7 Å². The van der Waals surface area contributed by atoms with Crippen molar-refractivity contribution < 1.29 is 23.9 Å². The maximum atomic E-state index is 12.9. The van der Waals surface area contributed by atoms with Gasteiger partial charge >= 0.3 is 6.09 Å². The molecule has 7 nitrogen and oxygen atoms in total. The Labute approximate surface area is 157 Å². The Bertz CT molecular complexity index is 479. The van der Waals surface area contributed by atoms with Crippen LogP contribution in [0.4, 0.5) is 4.79 Å². The molecule has 1 saturated heterocycles. The molecule has 1 fully saturated rings. The number of hydrogen-bond donors (Lipinski definition) is 1. The molecule has 0 aromatic rings. The molecule has 1 aliphatic rings. The van der Waals surface area contributed by atoms with Crippen molar-refractivity contribution in [2.75, 3.05) is 13.7 Å². The third kappa shape index (κ3) is 8.06. The molecule has 1 aliphatic heterocycles. The molecule has 0 saturated carbocycles. The Morgan fingerprint density at radius 1 is 1.15 bits per heavy atom. The number of hydrogen-bond acceptors (Lipinski definition) is 5. The predicted octanol–water partition coefficient (Wildman–Crippen LogP) is 2.97. The lowest BCUT2D eigenvalue weighted by Gasteiger charge is -2.35. The summed E-state index contributed by atoms with van der Waals surface area (Å²) in [4.78, 5) is 35.8. The minimum Gasteiger partial charge on any atom is -0.471 e. The molecule has 152 valence electrons. The average molecular weight is 373 g/mol. The molecule has 1 N–H and O–H groups in total.